The molecule has 1 atom stereocenters. The smallest absolute Gasteiger partial charge is 0.220 e. The summed E-state index contributed by atoms with van der Waals surface area (Å²) in [7, 11) is 0. The Labute approximate surface area is 93.8 Å². The van der Waals surface area contributed by atoms with Crippen molar-refractivity contribution in [3.63, 3.8) is 0 Å². The quantitative estimate of drug-likeness (QED) is 0.650. The molecule has 15 heavy (non-hydrogen) atoms. The van der Waals surface area contributed by atoms with E-state index in [9.17, 15) is 4.79 Å². The molecule has 0 aliphatic rings. The van der Waals surface area contributed by atoms with Gasteiger partial charge in [0.15, 0.2) is 0 Å². The highest BCUT2D eigenvalue weighted by Gasteiger charge is 2.14. The molecule has 0 spiro atoms. The Bertz CT molecular complexity index is 167. The lowest BCUT2D eigenvalue weighted by molar-refractivity contribution is -0.121. The first-order chi connectivity index (χ1) is 7.15. The van der Waals surface area contributed by atoms with E-state index in [2.05, 4.69) is 26.1 Å². The summed E-state index contributed by atoms with van der Waals surface area (Å²) in [5, 5.41) is 2.90. The first-order valence-electron chi connectivity index (χ1n) is 6.17. The summed E-state index contributed by atoms with van der Waals surface area (Å²) in [5.74, 6) is 0.662. The zero-order valence-electron chi connectivity index (χ0n) is 10.4. The van der Waals surface area contributed by atoms with Crippen LogP contribution in [-0.2, 0) is 4.79 Å². The van der Waals surface area contributed by atoms with E-state index >= 15 is 0 Å². The van der Waals surface area contributed by atoms with E-state index in [1.165, 1.54) is 0 Å². The Morgan fingerprint density at radius 2 is 1.87 bits per heavy atom. The molecule has 0 aliphatic heterocycles. The van der Waals surface area contributed by atoms with Crippen molar-refractivity contribution in [1.82, 2.24) is 5.32 Å². The minimum atomic E-state index is 0.102. The number of carbonyl (C=O) groups is 1. The molecule has 0 saturated carbocycles. The van der Waals surface area contributed by atoms with Crippen LogP contribution in [0, 0.1) is 5.92 Å². The van der Waals surface area contributed by atoms with Crippen molar-refractivity contribution in [2.45, 2.75) is 58.9 Å². The maximum Gasteiger partial charge on any atom is 0.220 e. The molecule has 0 heterocycles. The number of nitrogens with two attached hydrogens (primary N) is 1. The highest BCUT2D eigenvalue weighted by molar-refractivity contribution is 5.75. The Hall–Kier alpha value is -0.570. The molecule has 0 aromatic carbocycles. The van der Waals surface area contributed by atoms with Crippen LogP contribution in [0.4, 0.5) is 0 Å². The summed E-state index contributed by atoms with van der Waals surface area (Å²) in [6.45, 7) is 7.00. The first-order valence-corrected chi connectivity index (χ1v) is 6.17. The van der Waals surface area contributed by atoms with E-state index in [-0.39, 0.29) is 11.9 Å². The first kappa shape index (κ1) is 14.4. The van der Waals surface area contributed by atoms with Gasteiger partial charge >= 0.3 is 0 Å². The molecule has 3 N–H and O–H groups in total. The molecular weight excluding hydrogens is 188 g/mol. The molecule has 1 amide bonds. The minimum absolute atomic E-state index is 0.102. The highest BCUT2D eigenvalue weighted by Crippen LogP contribution is 2.10. The monoisotopic (exact) mass is 214 g/mol. The molecule has 0 fully saturated rings. The van der Waals surface area contributed by atoms with Crippen molar-refractivity contribution in [2.75, 3.05) is 6.54 Å². The van der Waals surface area contributed by atoms with Crippen LogP contribution in [0.2, 0.25) is 0 Å². The van der Waals surface area contributed by atoms with Crippen molar-refractivity contribution in [3.8, 4) is 0 Å². The molecule has 0 bridgehead atoms. The summed E-state index contributed by atoms with van der Waals surface area (Å²) >= 11 is 0. The largest absolute Gasteiger partial charge is 0.355 e. The third-order valence-electron chi connectivity index (χ3n) is 2.95. The zero-order valence-corrected chi connectivity index (χ0v) is 10.4. The molecule has 3 nitrogen and oxygen atoms in total. The number of carbonyl (C=O) groups excluding carboxylic acids is 1. The summed E-state index contributed by atoms with van der Waals surface area (Å²) in [5.41, 5.74) is 6.00. The van der Waals surface area contributed by atoms with Crippen LogP contribution in [0.1, 0.15) is 52.9 Å². The van der Waals surface area contributed by atoms with E-state index in [0.29, 0.717) is 18.9 Å². The maximum atomic E-state index is 11.3. The van der Waals surface area contributed by atoms with Gasteiger partial charge in [0.25, 0.3) is 0 Å². The van der Waals surface area contributed by atoms with Crippen LogP contribution < -0.4 is 11.1 Å². The number of hydrogen-bond donors (Lipinski definition) is 2. The van der Waals surface area contributed by atoms with Crippen molar-refractivity contribution in [1.29, 1.82) is 0 Å². The molecule has 0 aromatic rings. The van der Waals surface area contributed by atoms with Crippen LogP contribution in [0.25, 0.3) is 0 Å². The maximum absolute atomic E-state index is 11.3. The average Bonchev–Trinajstić information content (AvgIpc) is 2.25. The van der Waals surface area contributed by atoms with Crippen molar-refractivity contribution >= 4 is 5.91 Å². The van der Waals surface area contributed by atoms with Gasteiger partial charge in [0.05, 0.1) is 0 Å². The lowest BCUT2D eigenvalue weighted by atomic mass is 9.95. The van der Waals surface area contributed by atoms with E-state index in [4.69, 9.17) is 5.73 Å². The fraction of sp³-hybridized carbons (Fsp3) is 0.917. The summed E-state index contributed by atoms with van der Waals surface area (Å²) in [6.07, 6.45) is 4.83. The van der Waals surface area contributed by atoms with Gasteiger partial charge in [-0.2, -0.15) is 0 Å². The van der Waals surface area contributed by atoms with Gasteiger partial charge in [-0.1, -0.05) is 40.0 Å². The van der Waals surface area contributed by atoms with Crippen LogP contribution in [0.3, 0.4) is 0 Å². The SMILES string of the molecule is CCCCC(=O)NCC(N)C(CC)CC. The van der Waals surface area contributed by atoms with Crippen molar-refractivity contribution < 1.29 is 4.79 Å². The Kier molecular flexibility index (Phi) is 8.38. The lowest BCUT2D eigenvalue weighted by Crippen LogP contribution is -2.41. The van der Waals surface area contributed by atoms with Crippen LogP contribution in [0.5, 0.6) is 0 Å². The van der Waals surface area contributed by atoms with Crippen LogP contribution in [0.15, 0.2) is 0 Å². The fourth-order valence-electron chi connectivity index (χ4n) is 1.72. The zero-order chi connectivity index (χ0) is 11.7. The van der Waals surface area contributed by atoms with Gasteiger partial charge in [-0.3, -0.25) is 4.79 Å². The second-order valence-electron chi connectivity index (χ2n) is 4.15. The standard InChI is InChI=1S/C12H26N2O/c1-4-7-8-12(15)14-9-11(13)10(5-2)6-3/h10-11H,4-9,13H2,1-3H3,(H,14,15). The number of hydrogen-bond acceptors (Lipinski definition) is 2. The molecule has 0 radical (unpaired) electrons. The van der Waals surface area contributed by atoms with Crippen molar-refractivity contribution in [3.05, 3.63) is 0 Å². The summed E-state index contributed by atoms with van der Waals surface area (Å²) < 4.78 is 0. The molecule has 0 aliphatic carbocycles. The third kappa shape index (κ3) is 6.50. The van der Waals surface area contributed by atoms with Crippen molar-refractivity contribution in [2.24, 2.45) is 11.7 Å². The summed E-state index contributed by atoms with van der Waals surface area (Å²) in [6, 6.07) is 0.102. The van der Waals surface area contributed by atoms with Crippen LogP contribution in [-0.4, -0.2) is 18.5 Å². The van der Waals surface area contributed by atoms with E-state index in [0.717, 1.165) is 25.7 Å². The van der Waals surface area contributed by atoms with E-state index < -0.39 is 0 Å². The normalized spacial score (nSPS) is 12.9. The summed E-state index contributed by atoms with van der Waals surface area (Å²) in [4.78, 5) is 11.3. The van der Waals surface area contributed by atoms with Gasteiger partial charge in [-0.05, 0) is 12.3 Å². The Morgan fingerprint density at radius 3 is 2.33 bits per heavy atom. The molecular formula is C12H26N2O. The number of amides is 1. The van der Waals surface area contributed by atoms with Gasteiger partial charge in [0, 0.05) is 19.0 Å². The molecule has 3 heteroatoms. The molecule has 90 valence electrons. The Morgan fingerprint density at radius 1 is 1.27 bits per heavy atom. The predicted molar refractivity (Wildman–Crippen MR) is 64.6 cm³/mol. The van der Waals surface area contributed by atoms with E-state index in [1.807, 2.05) is 0 Å². The van der Waals surface area contributed by atoms with Gasteiger partial charge in [0.1, 0.15) is 0 Å². The second-order valence-corrected chi connectivity index (χ2v) is 4.15. The number of rotatable bonds is 8. The molecule has 0 saturated heterocycles. The highest BCUT2D eigenvalue weighted by atomic mass is 16.1. The number of nitrogens with one attached hydrogen (secondary N) is 1. The molecule has 0 rings (SSSR count). The molecule has 1 unspecified atom stereocenters. The van der Waals surface area contributed by atoms with Crippen LogP contribution >= 0.6 is 0 Å². The van der Waals surface area contributed by atoms with E-state index in [1.54, 1.807) is 0 Å². The predicted octanol–water partition coefficient (Wildman–Crippen LogP) is 2.06. The average molecular weight is 214 g/mol. The van der Waals surface area contributed by atoms with Gasteiger partial charge in [-0.25, -0.2) is 0 Å². The van der Waals surface area contributed by atoms with Gasteiger partial charge in [0.2, 0.25) is 5.91 Å². The molecule has 0 aromatic heterocycles. The third-order valence-corrected chi connectivity index (χ3v) is 2.95. The Balaban J connectivity index is 3.68. The topological polar surface area (TPSA) is 55.1 Å². The minimum Gasteiger partial charge on any atom is -0.355 e. The number of unbranched alkanes of at least 4 members (excludes halogenated alkanes) is 1. The van der Waals surface area contributed by atoms with Gasteiger partial charge in [-0.15, -0.1) is 0 Å². The second kappa shape index (κ2) is 8.72. The van der Waals surface area contributed by atoms with Gasteiger partial charge < -0.3 is 11.1 Å². The lowest BCUT2D eigenvalue weighted by Gasteiger charge is -2.21. The fourth-order valence-corrected chi connectivity index (χ4v) is 1.72.